The number of amides is 3. The van der Waals surface area contributed by atoms with Gasteiger partial charge in [0.15, 0.2) is 6.54 Å². The lowest BCUT2D eigenvalue weighted by Crippen LogP contribution is -2.58. The largest absolute Gasteiger partial charge is 0.477 e. The lowest BCUT2D eigenvalue weighted by Gasteiger charge is -2.25. The second kappa shape index (κ2) is 4.98. The van der Waals surface area contributed by atoms with E-state index in [2.05, 4.69) is 5.32 Å². The second-order valence-corrected chi connectivity index (χ2v) is 4.83. The van der Waals surface area contributed by atoms with Crippen molar-refractivity contribution < 1.29 is 19.5 Å². The fourth-order valence-corrected chi connectivity index (χ4v) is 2.37. The van der Waals surface area contributed by atoms with Gasteiger partial charge in [0, 0.05) is 17.7 Å². The van der Waals surface area contributed by atoms with Gasteiger partial charge >= 0.3 is 17.9 Å². The molecular formula is C13H15N4O4+. The number of carboxylic acid groups (broad SMARTS) is 1. The molecule has 2 unspecified atom stereocenters. The van der Waals surface area contributed by atoms with Gasteiger partial charge in [0.25, 0.3) is 0 Å². The Balaban J connectivity index is 2.55. The molecule has 0 radical (unpaired) electrons. The van der Waals surface area contributed by atoms with Crippen LogP contribution in [0.25, 0.3) is 0 Å². The lowest BCUT2D eigenvalue weighted by atomic mass is 10.1. The summed E-state index contributed by atoms with van der Waals surface area (Å²) in [5.74, 6) is -1.95. The monoisotopic (exact) mass is 291 g/mol. The summed E-state index contributed by atoms with van der Waals surface area (Å²) in [4.78, 5) is 35.6. The van der Waals surface area contributed by atoms with Gasteiger partial charge in [-0.1, -0.05) is 0 Å². The van der Waals surface area contributed by atoms with Crippen LogP contribution in [-0.2, 0) is 9.59 Å². The molecule has 2 atom stereocenters. The van der Waals surface area contributed by atoms with E-state index < -0.39 is 35.0 Å². The number of benzene rings is 1. The summed E-state index contributed by atoms with van der Waals surface area (Å²) in [7, 11) is 0. The molecule has 1 aromatic rings. The Bertz CT molecular complexity index is 640. The number of nitrogen functional groups attached to an aromatic ring is 1. The summed E-state index contributed by atoms with van der Waals surface area (Å²) in [6, 6.07) is 4.39. The molecule has 1 fully saturated rings. The molecule has 1 heterocycles. The number of nitrogens with zero attached hydrogens (tertiary/aromatic N) is 1. The molecule has 3 amide bonds. The molecule has 5 N–H and O–H groups in total. The van der Waals surface area contributed by atoms with Crippen LogP contribution in [0.3, 0.4) is 0 Å². The summed E-state index contributed by atoms with van der Waals surface area (Å²) in [6.45, 7) is 0.834. The maximum absolute atomic E-state index is 12.4. The van der Waals surface area contributed by atoms with Crippen LogP contribution in [0, 0.1) is 5.41 Å². The minimum absolute atomic E-state index is 0.156. The third kappa shape index (κ3) is 2.25. The molecule has 2 rings (SSSR count). The first kappa shape index (κ1) is 14.7. The van der Waals surface area contributed by atoms with Crippen molar-refractivity contribution in [2.24, 2.45) is 5.73 Å². The van der Waals surface area contributed by atoms with E-state index in [4.69, 9.17) is 16.2 Å². The average Bonchev–Trinajstić information content (AvgIpc) is 2.63. The van der Waals surface area contributed by atoms with Crippen molar-refractivity contribution in [1.82, 2.24) is 9.80 Å². The van der Waals surface area contributed by atoms with Gasteiger partial charge in [-0.05, 0) is 19.1 Å². The molecule has 1 aliphatic heterocycles. The predicted octanol–water partition coefficient (Wildman–Crippen LogP) is 0.000870. The SMILES string of the molecule is CC1NC(=O)[N+](CC(=O)O)(c2ccc(C(=N)N)cc2)C1=O. The average molecular weight is 291 g/mol. The van der Waals surface area contributed by atoms with Crippen LogP contribution in [0.1, 0.15) is 12.5 Å². The van der Waals surface area contributed by atoms with E-state index in [1.54, 1.807) is 0 Å². The summed E-state index contributed by atoms with van der Waals surface area (Å²) in [6.07, 6.45) is 0. The molecule has 1 aliphatic rings. The number of nitrogens with one attached hydrogen (secondary N) is 2. The van der Waals surface area contributed by atoms with E-state index >= 15 is 0 Å². The summed E-state index contributed by atoms with van der Waals surface area (Å²) < 4.78 is -0.922. The second-order valence-electron chi connectivity index (χ2n) is 4.83. The Morgan fingerprint density at radius 1 is 1.38 bits per heavy atom. The molecule has 8 heteroatoms. The molecular weight excluding hydrogens is 276 g/mol. The van der Waals surface area contributed by atoms with Gasteiger partial charge in [0.05, 0.1) is 0 Å². The zero-order valence-corrected chi connectivity index (χ0v) is 11.3. The van der Waals surface area contributed by atoms with E-state index in [0.717, 1.165) is 0 Å². The summed E-state index contributed by atoms with van der Waals surface area (Å²) in [5.41, 5.74) is 6.00. The van der Waals surface area contributed by atoms with Crippen LogP contribution in [-0.4, -0.2) is 41.4 Å². The molecule has 0 spiro atoms. The first-order valence-electron chi connectivity index (χ1n) is 6.19. The van der Waals surface area contributed by atoms with Crippen molar-refractivity contribution in [2.45, 2.75) is 13.0 Å². The number of carbonyl (C=O) groups is 3. The number of hydrogen-bond acceptors (Lipinski definition) is 4. The standard InChI is InChI=1S/C13H14N4O4/c1-7-12(20)17(6-10(18)19,13(21)16-7)9-4-2-8(3-5-9)11(14)15/h2-5,7H,6H2,1H3,(H4-,14,15,16,18,19,21)/p+1. The summed E-state index contributed by atoms with van der Waals surface area (Å²) in [5, 5.41) is 18.8. The van der Waals surface area contributed by atoms with Crippen molar-refractivity contribution in [3.8, 4) is 0 Å². The van der Waals surface area contributed by atoms with Crippen LogP contribution < -0.4 is 15.5 Å². The molecule has 8 nitrogen and oxygen atoms in total. The Hall–Kier alpha value is -2.74. The van der Waals surface area contributed by atoms with Gasteiger partial charge in [0.1, 0.15) is 17.6 Å². The Morgan fingerprint density at radius 3 is 2.33 bits per heavy atom. The number of carboxylic acids is 1. The van der Waals surface area contributed by atoms with Gasteiger partial charge in [-0.3, -0.25) is 10.7 Å². The number of carbonyl (C=O) groups excluding carboxylic acids is 2. The van der Waals surface area contributed by atoms with Crippen molar-refractivity contribution in [1.29, 1.82) is 5.41 Å². The van der Waals surface area contributed by atoms with Gasteiger partial charge in [0.2, 0.25) is 0 Å². The number of hydrogen-bond donors (Lipinski definition) is 4. The smallest absolute Gasteiger partial charge is 0.430 e. The quantitative estimate of drug-likeness (QED) is 0.268. The van der Waals surface area contributed by atoms with E-state index in [1.165, 1.54) is 31.2 Å². The van der Waals surface area contributed by atoms with Gasteiger partial charge < -0.3 is 10.8 Å². The molecule has 0 aliphatic carbocycles. The fraction of sp³-hybridized carbons (Fsp3) is 0.231. The van der Waals surface area contributed by atoms with Crippen molar-refractivity contribution in [3.05, 3.63) is 29.8 Å². The molecule has 0 aromatic heterocycles. The van der Waals surface area contributed by atoms with E-state index in [-0.39, 0.29) is 11.5 Å². The van der Waals surface area contributed by atoms with Crippen molar-refractivity contribution >= 4 is 29.4 Å². The van der Waals surface area contributed by atoms with Crippen molar-refractivity contribution in [2.75, 3.05) is 6.54 Å². The molecule has 0 saturated carbocycles. The first-order valence-corrected chi connectivity index (χ1v) is 6.19. The van der Waals surface area contributed by atoms with Crippen LogP contribution in [0.5, 0.6) is 0 Å². The molecule has 1 saturated heterocycles. The van der Waals surface area contributed by atoms with E-state index in [1.807, 2.05) is 0 Å². The van der Waals surface area contributed by atoms with Crippen LogP contribution in [0.4, 0.5) is 10.5 Å². The number of nitrogens with two attached hydrogens (primary N) is 1. The predicted molar refractivity (Wildman–Crippen MR) is 74.8 cm³/mol. The third-order valence-corrected chi connectivity index (χ3v) is 3.42. The van der Waals surface area contributed by atoms with Crippen molar-refractivity contribution in [3.63, 3.8) is 0 Å². The molecule has 21 heavy (non-hydrogen) atoms. The molecule has 110 valence electrons. The summed E-state index contributed by atoms with van der Waals surface area (Å²) >= 11 is 0. The zero-order valence-electron chi connectivity index (χ0n) is 11.3. The van der Waals surface area contributed by atoms with E-state index in [0.29, 0.717) is 5.56 Å². The van der Waals surface area contributed by atoms with Crippen LogP contribution in [0.15, 0.2) is 24.3 Å². The minimum Gasteiger partial charge on any atom is -0.477 e. The minimum atomic E-state index is -1.26. The lowest BCUT2D eigenvalue weighted by molar-refractivity contribution is -0.141. The number of urea groups is 1. The number of imide groups is 1. The van der Waals surface area contributed by atoms with Gasteiger partial charge in [-0.2, -0.15) is 0 Å². The van der Waals surface area contributed by atoms with Crippen LogP contribution >= 0.6 is 0 Å². The highest BCUT2D eigenvalue weighted by Gasteiger charge is 2.57. The fourth-order valence-electron chi connectivity index (χ4n) is 2.37. The number of rotatable bonds is 4. The Labute approximate surface area is 120 Å². The van der Waals surface area contributed by atoms with Crippen LogP contribution in [0.2, 0.25) is 0 Å². The first-order chi connectivity index (χ1) is 9.79. The maximum Gasteiger partial charge on any atom is 0.430 e. The maximum atomic E-state index is 12.4. The third-order valence-electron chi connectivity index (χ3n) is 3.42. The zero-order chi connectivity index (χ0) is 15.8. The number of aliphatic carboxylic acids is 1. The topological polar surface area (TPSA) is 133 Å². The molecule has 1 aromatic carbocycles. The van der Waals surface area contributed by atoms with Gasteiger partial charge in [-0.25, -0.2) is 14.4 Å². The highest BCUT2D eigenvalue weighted by atomic mass is 16.4. The Morgan fingerprint density at radius 2 is 1.95 bits per heavy atom. The molecule has 0 bridgehead atoms. The van der Waals surface area contributed by atoms with Gasteiger partial charge in [-0.15, -0.1) is 4.48 Å². The highest BCUT2D eigenvalue weighted by molar-refractivity contribution is 6.17. The number of amidine groups is 1. The number of quaternary nitrogens is 1. The van der Waals surface area contributed by atoms with E-state index in [9.17, 15) is 14.4 Å². The highest BCUT2D eigenvalue weighted by Crippen LogP contribution is 2.29. The Kier molecular flexibility index (Phi) is 3.48. The normalized spacial score (nSPS) is 24.7.